The molecule has 2 rings (SSSR count). The normalized spacial score (nSPS) is 14.2. The van der Waals surface area contributed by atoms with Crippen LogP contribution < -0.4 is 5.32 Å². The van der Waals surface area contributed by atoms with Crippen molar-refractivity contribution < 1.29 is 19.1 Å². The number of hydrogen-bond donors (Lipinski definition) is 1. The van der Waals surface area contributed by atoms with Gasteiger partial charge in [0.2, 0.25) is 11.8 Å². The number of ether oxygens (including phenoxy) is 1. The van der Waals surface area contributed by atoms with Crippen molar-refractivity contribution in [1.29, 1.82) is 0 Å². The van der Waals surface area contributed by atoms with E-state index < -0.39 is 5.97 Å². The zero-order chi connectivity index (χ0) is 18.4. The summed E-state index contributed by atoms with van der Waals surface area (Å²) < 4.78 is 4.80. The van der Waals surface area contributed by atoms with Gasteiger partial charge in [0, 0.05) is 30.8 Å². The highest BCUT2D eigenvalue weighted by Gasteiger charge is 2.21. The van der Waals surface area contributed by atoms with Gasteiger partial charge in [0.25, 0.3) is 0 Å². The summed E-state index contributed by atoms with van der Waals surface area (Å²) in [6, 6.07) is 1.85. The van der Waals surface area contributed by atoms with Crippen LogP contribution in [0.25, 0.3) is 0 Å². The molecule has 0 aliphatic carbocycles. The maximum absolute atomic E-state index is 12.2. The quantitative estimate of drug-likeness (QED) is 0.565. The summed E-state index contributed by atoms with van der Waals surface area (Å²) in [5.74, 6) is -0.0607. The Hall–Kier alpha value is -1.89. The van der Waals surface area contributed by atoms with Gasteiger partial charge in [0.05, 0.1) is 12.8 Å². The first-order valence-electron chi connectivity index (χ1n) is 8.72. The van der Waals surface area contributed by atoms with E-state index in [0.29, 0.717) is 29.8 Å². The predicted octanol–water partition coefficient (Wildman–Crippen LogP) is 3.39. The largest absolute Gasteiger partial charge is 0.465 e. The molecule has 0 spiro atoms. The molecule has 7 heteroatoms. The minimum absolute atomic E-state index is 0.119. The highest BCUT2D eigenvalue weighted by atomic mass is 32.1. The Balaban J connectivity index is 1.85. The van der Waals surface area contributed by atoms with Crippen LogP contribution in [0.1, 0.15) is 66.4 Å². The SMILES string of the molecule is COC(=O)c1sc(C(C)C)cc1NC(=O)CCCCN1CCCC1=O. The van der Waals surface area contributed by atoms with Gasteiger partial charge < -0.3 is 15.0 Å². The maximum Gasteiger partial charge on any atom is 0.350 e. The molecule has 6 nitrogen and oxygen atoms in total. The van der Waals surface area contributed by atoms with E-state index in [2.05, 4.69) is 5.32 Å². The van der Waals surface area contributed by atoms with Gasteiger partial charge in [0.15, 0.2) is 0 Å². The number of likely N-dealkylation sites (tertiary alicyclic amines) is 1. The molecule has 1 fully saturated rings. The fourth-order valence-corrected chi connectivity index (χ4v) is 3.81. The van der Waals surface area contributed by atoms with Crippen molar-refractivity contribution in [3.63, 3.8) is 0 Å². The number of nitrogens with one attached hydrogen (secondary N) is 1. The van der Waals surface area contributed by atoms with Crippen LogP contribution >= 0.6 is 11.3 Å². The molecule has 1 N–H and O–H groups in total. The molecule has 0 saturated carbocycles. The fraction of sp³-hybridized carbons (Fsp3) is 0.611. The van der Waals surface area contributed by atoms with Crippen LogP contribution in [-0.4, -0.2) is 42.9 Å². The number of hydrogen-bond acceptors (Lipinski definition) is 5. The Kier molecular flexibility index (Phi) is 6.99. The molecule has 1 aromatic heterocycles. The number of carbonyl (C=O) groups excluding carboxylic acids is 3. The van der Waals surface area contributed by atoms with E-state index in [4.69, 9.17) is 4.74 Å². The van der Waals surface area contributed by atoms with Crippen molar-refractivity contribution in [3.05, 3.63) is 15.8 Å². The summed E-state index contributed by atoms with van der Waals surface area (Å²) in [5, 5.41) is 2.83. The van der Waals surface area contributed by atoms with E-state index in [1.165, 1.54) is 18.4 Å². The van der Waals surface area contributed by atoms with Gasteiger partial charge in [-0.25, -0.2) is 4.79 Å². The van der Waals surface area contributed by atoms with Crippen molar-refractivity contribution in [3.8, 4) is 0 Å². The molecule has 1 saturated heterocycles. The number of amides is 2. The van der Waals surface area contributed by atoms with Crippen LogP contribution in [0.3, 0.4) is 0 Å². The molecular weight excluding hydrogens is 340 g/mol. The van der Waals surface area contributed by atoms with E-state index >= 15 is 0 Å². The Labute approximate surface area is 152 Å². The lowest BCUT2D eigenvalue weighted by Crippen LogP contribution is -2.25. The van der Waals surface area contributed by atoms with Gasteiger partial charge in [-0.05, 0) is 31.2 Å². The highest BCUT2D eigenvalue weighted by molar-refractivity contribution is 7.14. The molecule has 2 heterocycles. The monoisotopic (exact) mass is 366 g/mol. The number of methoxy groups -OCH3 is 1. The standard InChI is InChI=1S/C18H26N2O4S/c1-12(2)14-11-13(17(25-14)18(23)24-3)19-15(21)7-4-5-9-20-10-6-8-16(20)22/h11-12H,4-10H2,1-3H3,(H,19,21). The third-order valence-electron chi connectivity index (χ3n) is 4.22. The van der Waals surface area contributed by atoms with Gasteiger partial charge >= 0.3 is 5.97 Å². The Morgan fingerprint density at radius 2 is 2.12 bits per heavy atom. The van der Waals surface area contributed by atoms with E-state index in [9.17, 15) is 14.4 Å². The molecule has 0 aromatic carbocycles. The summed E-state index contributed by atoms with van der Waals surface area (Å²) in [7, 11) is 1.34. The fourth-order valence-electron chi connectivity index (χ4n) is 2.77. The Morgan fingerprint density at radius 1 is 1.36 bits per heavy atom. The van der Waals surface area contributed by atoms with Gasteiger partial charge in [0.1, 0.15) is 4.88 Å². The van der Waals surface area contributed by atoms with Gasteiger partial charge in [-0.3, -0.25) is 9.59 Å². The summed E-state index contributed by atoms with van der Waals surface area (Å²) in [6.07, 6.45) is 3.48. The number of rotatable bonds is 8. The van der Waals surface area contributed by atoms with E-state index in [-0.39, 0.29) is 17.7 Å². The average molecular weight is 366 g/mol. The molecule has 25 heavy (non-hydrogen) atoms. The van der Waals surface area contributed by atoms with E-state index in [0.717, 1.165) is 30.8 Å². The second-order valence-electron chi connectivity index (χ2n) is 6.53. The number of carbonyl (C=O) groups is 3. The van der Waals surface area contributed by atoms with E-state index in [1.807, 2.05) is 24.8 Å². The number of esters is 1. The van der Waals surface area contributed by atoms with Crippen LogP contribution in [0.2, 0.25) is 0 Å². The zero-order valence-corrected chi connectivity index (χ0v) is 15.9. The Bertz CT molecular complexity index is 639. The van der Waals surface area contributed by atoms with Crippen LogP contribution in [0, 0.1) is 0 Å². The van der Waals surface area contributed by atoms with Crippen molar-refractivity contribution in [2.75, 3.05) is 25.5 Å². The average Bonchev–Trinajstić information content (AvgIpc) is 3.17. The number of anilines is 1. The third kappa shape index (κ3) is 5.29. The smallest absolute Gasteiger partial charge is 0.350 e. The lowest BCUT2D eigenvalue weighted by Gasteiger charge is -2.14. The Morgan fingerprint density at radius 3 is 2.72 bits per heavy atom. The first-order valence-corrected chi connectivity index (χ1v) is 9.53. The van der Waals surface area contributed by atoms with Gasteiger partial charge in [-0.1, -0.05) is 13.8 Å². The van der Waals surface area contributed by atoms with Crippen LogP contribution in [0.15, 0.2) is 6.07 Å². The number of unbranched alkanes of at least 4 members (excludes halogenated alkanes) is 1. The second-order valence-corrected chi connectivity index (χ2v) is 7.61. The highest BCUT2D eigenvalue weighted by Crippen LogP contribution is 2.32. The zero-order valence-electron chi connectivity index (χ0n) is 15.1. The van der Waals surface area contributed by atoms with Crippen molar-refractivity contribution >= 4 is 34.8 Å². The molecule has 0 bridgehead atoms. The van der Waals surface area contributed by atoms with Crippen LogP contribution in [0.5, 0.6) is 0 Å². The first kappa shape index (κ1) is 19.4. The van der Waals surface area contributed by atoms with Crippen LogP contribution in [-0.2, 0) is 14.3 Å². The summed E-state index contributed by atoms with van der Waals surface area (Å²) in [4.78, 5) is 38.9. The van der Waals surface area contributed by atoms with Crippen molar-refractivity contribution in [2.45, 2.75) is 51.9 Å². The first-order chi connectivity index (χ1) is 11.9. The maximum atomic E-state index is 12.2. The minimum Gasteiger partial charge on any atom is -0.465 e. The number of nitrogens with zero attached hydrogens (tertiary/aromatic N) is 1. The molecule has 0 atom stereocenters. The molecule has 2 amide bonds. The van der Waals surface area contributed by atoms with E-state index in [1.54, 1.807) is 0 Å². The third-order valence-corrected chi connectivity index (χ3v) is 5.63. The van der Waals surface area contributed by atoms with Gasteiger partial charge in [-0.15, -0.1) is 11.3 Å². The lowest BCUT2D eigenvalue weighted by atomic mass is 10.1. The van der Waals surface area contributed by atoms with Gasteiger partial charge in [-0.2, -0.15) is 0 Å². The summed E-state index contributed by atoms with van der Waals surface area (Å²) >= 11 is 1.35. The van der Waals surface area contributed by atoms with Crippen molar-refractivity contribution in [2.24, 2.45) is 0 Å². The van der Waals surface area contributed by atoms with Crippen molar-refractivity contribution in [1.82, 2.24) is 4.90 Å². The summed E-state index contributed by atoms with van der Waals surface area (Å²) in [6.45, 7) is 5.63. The molecule has 1 aliphatic rings. The molecule has 0 radical (unpaired) electrons. The molecule has 1 aliphatic heterocycles. The molecule has 1 aromatic rings. The minimum atomic E-state index is -0.431. The predicted molar refractivity (Wildman–Crippen MR) is 98.0 cm³/mol. The second kappa shape index (κ2) is 8.99. The number of thiophene rings is 1. The lowest BCUT2D eigenvalue weighted by molar-refractivity contribution is -0.127. The molecule has 138 valence electrons. The molecule has 0 unspecified atom stereocenters. The molecular formula is C18H26N2O4S. The van der Waals surface area contributed by atoms with Crippen LogP contribution in [0.4, 0.5) is 5.69 Å². The summed E-state index contributed by atoms with van der Waals surface area (Å²) in [5.41, 5.74) is 0.528. The topological polar surface area (TPSA) is 75.7 Å².